The van der Waals surface area contributed by atoms with Gasteiger partial charge in [0.15, 0.2) is 0 Å². The van der Waals surface area contributed by atoms with Crippen LogP contribution >= 0.6 is 0 Å². The average molecular weight is 77.3 g/mol. The molecule has 0 aromatic heterocycles. The minimum atomic E-state index is 0.375. The average Bonchev–Trinajstić information content (AvgIpc) is 1.61. The Hall–Kier alpha value is -0.140. The molecule has 0 aliphatic carbocycles. The van der Waals surface area contributed by atoms with Gasteiger partial charge >= 0.3 is 38.1 Å². The second-order valence-corrected chi connectivity index (χ2v) is 0.702. The molecule has 0 spiro atoms. The first kappa shape index (κ1) is 5.86. The second-order valence-electron chi connectivity index (χ2n) is 0.702. The summed E-state index contributed by atoms with van der Waals surface area (Å²) in [7, 11) is 3.45. The fourth-order valence-corrected chi connectivity index (χ4v) is 0.111. The van der Waals surface area contributed by atoms with Crippen LogP contribution in [0, 0.1) is 0 Å². The van der Waals surface area contributed by atoms with E-state index in [1.54, 1.807) is 14.4 Å². The third-order valence-electron chi connectivity index (χ3n) is 0.270. The van der Waals surface area contributed by atoms with Crippen LogP contribution in [0.5, 0.6) is 0 Å². The first-order valence-electron chi connectivity index (χ1n) is 1.62. The van der Waals surface area contributed by atoms with Crippen molar-refractivity contribution in [2.24, 2.45) is 0 Å². The van der Waals surface area contributed by atoms with Crippen LogP contribution in [0.2, 0.25) is 0 Å². The van der Waals surface area contributed by atoms with Crippen LogP contribution in [0.25, 0.3) is 0 Å². The first-order chi connectivity index (χ1) is 2.91. The minimum absolute atomic E-state index is 0.375. The third kappa shape index (κ3) is 3.86. The summed E-state index contributed by atoms with van der Waals surface area (Å²) in [6.07, 6.45) is 0. The molecule has 0 heterocycles. The predicted molar refractivity (Wildman–Crippen MR) is 27.6 cm³/mol. The van der Waals surface area contributed by atoms with Crippen LogP contribution < -0.4 is 0 Å². The molecule has 0 atom stereocenters. The van der Waals surface area contributed by atoms with Crippen molar-refractivity contribution >= 4 is 28.8 Å². The topological polar surface area (TPSA) is 26.3 Å². The zero-order valence-corrected chi connectivity index (χ0v) is 3.55. The van der Waals surface area contributed by atoms with Crippen molar-refractivity contribution in [3.63, 3.8) is 0 Å². The molecule has 0 rings (SSSR count). The maximum atomic E-state index is 9.29. The van der Waals surface area contributed by atoms with Gasteiger partial charge in [-0.05, 0) is 0 Å². The Bertz CT molecular complexity index is 56.6. The maximum absolute atomic E-state index is 9.29. The Morgan fingerprint density at radius 2 is 2.33 bits per heavy atom. The standard InChI is InChI=1S/B4H2O2/c1-2-3-6-4-5/h1H2. The molecule has 0 saturated carbocycles. The van der Waals surface area contributed by atoms with Crippen LogP contribution in [0.4, 0.5) is 0 Å². The van der Waals surface area contributed by atoms with E-state index in [9.17, 15) is 4.70 Å². The fourth-order valence-electron chi connectivity index (χ4n) is 0.111. The summed E-state index contributed by atoms with van der Waals surface area (Å²) >= 11 is 0. The Labute approximate surface area is 39.1 Å². The normalized spacial score (nSPS) is 5.33. The van der Waals surface area contributed by atoms with Gasteiger partial charge in [0.25, 0.3) is 0 Å². The monoisotopic (exact) mass is 78.0 g/mol. The van der Waals surface area contributed by atoms with Gasteiger partial charge < -0.3 is 0 Å². The van der Waals surface area contributed by atoms with Crippen molar-refractivity contribution < 1.29 is 9.28 Å². The van der Waals surface area contributed by atoms with E-state index in [4.69, 9.17) is 0 Å². The number of hydrogen-bond acceptors (Lipinski definition) is 2. The van der Waals surface area contributed by atoms with Crippen LogP contribution in [0.1, 0.15) is 0 Å². The van der Waals surface area contributed by atoms with E-state index >= 15 is 0 Å². The quantitative estimate of drug-likeness (QED) is 0.348. The SMILES string of the molecule is BB=BOB=O. The molecule has 0 unspecified atom stereocenters. The van der Waals surface area contributed by atoms with Gasteiger partial charge in [-0.15, -0.1) is 0 Å². The zero-order valence-electron chi connectivity index (χ0n) is 3.55. The summed E-state index contributed by atoms with van der Waals surface area (Å²) in [5.41, 5.74) is 0. The van der Waals surface area contributed by atoms with Crippen molar-refractivity contribution in [3.05, 3.63) is 0 Å². The van der Waals surface area contributed by atoms with Crippen LogP contribution in [0.15, 0.2) is 0 Å². The summed E-state index contributed by atoms with van der Waals surface area (Å²) in [6, 6.07) is 0. The summed E-state index contributed by atoms with van der Waals surface area (Å²) in [6.45, 7) is 1.63. The molecule has 0 aliphatic heterocycles. The van der Waals surface area contributed by atoms with Crippen LogP contribution in [-0.2, 0) is 9.28 Å². The fraction of sp³-hybridized carbons (Fsp3) is 0. The van der Waals surface area contributed by atoms with Gasteiger partial charge in [-0.3, -0.25) is 0 Å². The van der Waals surface area contributed by atoms with Gasteiger partial charge in [0, 0.05) is 0 Å². The molecule has 0 aromatic carbocycles. The molecule has 26 valence electrons. The summed E-state index contributed by atoms with van der Waals surface area (Å²) in [5, 5.41) is 0. The molecular formula is H2B4O2. The van der Waals surface area contributed by atoms with Gasteiger partial charge in [-0.25, -0.2) is 0 Å². The predicted octanol–water partition coefficient (Wildman–Crippen LogP) is -2.25. The summed E-state index contributed by atoms with van der Waals surface area (Å²) < 4.78 is 13.4. The van der Waals surface area contributed by atoms with E-state index in [-0.39, 0.29) is 0 Å². The molecule has 0 amide bonds. The molecule has 0 N–H and O–H groups in total. The first-order valence-corrected chi connectivity index (χ1v) is 1.62. The molecule has 0 aromatic rings. The van der Waals surface area contributed by atoms with Crippen molar-refractivity contribution in [2.75, 3.05) is 0 Å². The van der Waals surface area contributed by atoms with Crippen molar-refractivity contribution in [3.8, 4) is 0 Å². The van der Waals surface area contributed by atoms with Crippen molar-refractivity contribution in [1.29, 1.82) is 0 Å². The Balaban J connectivity index is 2.85. The molecule has 2 nitrogen and oxygen atoms in total. The van der Waals surface area contributed by atoms with E-state index in [1.807, 2.05) is 0 Å². The molecular weight excluding hydrogens is 75.2 g/mol. The van der Waals surface area contributed by atoms with E-state index in [1.165, 1.54) is 7.00 Å². The summed E-state index contributed by atoms with van der Waals surface area (Å²) in [4.78, 5) is 0. The number of rotatable bonds is 2. The van der Waals surface area contributed by atoms with Crippen LogP contribution in [-0.4, -0.2) is 28.8 Å². The van der Waals surface area contributed by atoms with E-state index in [0.717, 1.165) is 0 Å². The zero-order chi connectivity index (χ0) is 4.83. The van der Waals surface area contributed by atoms with Gasteiger partial charge in [0.1, 0.15) is 0 Å². The Kier molecular flexibility index (Phi) is 4.75. The molecule has 6 heteroatoms. The van der Waals surface area contributed by atoms with Crippen molar-refractivity contribution in [2.45, 2.75) is 0 Å². The Morgan fingerprint density at radius 3 is 2.50 bits per heavy atom. The van der Waals surface area contributed by atoms with Crippen LogP contribution in [0.3, 0.4) is 0 Å². The van der Waals surface area contributed by atoms with E-state index in [2.05, 4.69) is 4.57 Å². The van der Waals surface area contributed by atoms with E-state index < -0.39 is 0 Å². The molecule has 0 radical (unpaired) electrons. The molecule has 6 heavy (non-hydrogen) atoms. The molecule has 0 bridgehead atoms. The molecule has 0 saturated heterocycles. The third-order valence-corrected chi connectivity index (χ3v) is 0.270. The molecule has 0 fully saturated rings. The van der Waals surface area contributed by atoms with E-state index in [0.29, 0.717) is 7.35 Å². The summed E-state index contributed by atoms with van der Waals surface area (Å²) in [5.74, 6) is 0. The van der Waals surface area contributed by atoms with Gasteiger partial charge in [-0.2, -0.15) is 0 Å². The number of hydrogen-bond donors (Lipinski definition) is 0. The second kappa shape index (κ2) is 4.86. The van der Waals surface area contributed by atoms with Crippen molar-refractivity contribution in [1.82, 2.24) is 0 Å². The van der Waals surface area contributed by atoms with Gasteiger partial charge in [-0.1, -0.05) is 0 Å². The Morgan fingerprint density at radius 1 is 1.67 bits per heavy atom. The molecule has 0 aliphatic rings. The van der Waals surface area contributed by atoms with Gasteiger partial charge in [0.05, 0.1) is 0 Å². The van der Waals surface area contributed by atoms with Gasteiger partial charge in [0.2, 0.25) is 0 Å².